The molecule has 0 aliphatic heterocycles. The van der Waals surface area contributed by atoms with Crippen molar-refractivity contribution >= 4 is 5.91 Å². The number of hydrogen-bond acceptors (Lipinski definition) is 4. The van der Waals surface area contributed by atoms with E-state index < -0.39 is 5.41 Å². The molecular weight excluding hydrogens is 244 g/mol. The number of carbonyl (C=O) groups excluding carboxylic acids is 1. The standard InChI is InChI=1S/C14H22N2O3/c1-14(2,13(16)17)8-10(15)9-5-6-11(18-3)12(7-9)19-4/h5-7,10H,8,15H2,1-4H3,(H2,16,17). The Hall–Kier alpha value is -1.75. The van der Waals surface area contributed by atoms with Crippen LogP contribution >= 0.6 is 0 Å². The van der Waals surface area contributed by atoms with Crippen molar-refractivity contribution < 1.29 is 14.3 Å². The molecule has 0 heterocycles. The molecular formula is C14H22N2O3. The molecule has 1 unspecified atom stereocenters. The van der Waals surface area contributed by atoms with E-state index in [9.17, 15) is 4.79 Å². The van der Waals surface area contributed by atoms with Gasteiger partial charge < -0.3 is 20.9 Å². The van der Waals surface area contributed by atoms with E-state index >= 15 is 0 Å². The number of ether oxygens (including phenoxy) is 2. The molecule has 0 aliphatic carbocycles. The first-order valence-corrected chi connectivity index (χ1v) is 6.09. The minimum absolute atomic E-state index is 0.290. The molecule has 0 saturated carbocycles. The summed E-state index contributed by atoms with van der Waals surface area (Å²) in [5.41, 5.74) is 11.7. The van der Waals surface area contributed by atoms with Gasteiger partial charge in [0.1, 0.15) is 0 Å². The maximum absolute atomic E-state index is 11.3. The molecule has 106 valence electrons. The van der Waals surface area contributed by atoms with Crippen molar-refractivity contribution in [1.29, 1.82) is 0 Å². The molecule has 4 N–H and O–H groups in total. The number of carbonyl (C=O) groups is 1. The molecule has 1 rings (SSSR count). The van der Waals surface area contributed by atoms with Crippen molar-refractivity contribution in [1.82, 2.24) is 0 Å². The Morgan fingerprint density at radius 1 is 1.26 bits per heavy atom. The third kappa shape index (κ3) is 3.61. The number of amides is 1. The van der Waals surface area contributed by atoms with Gasteiger partial charge in [0.2, 0.25) is 5.91 Å². The summed E-state index contributed by atoms with van der Waals surface area (Å²) in [7, 11) is 3.15. The summed E-state index contributed by atoms with van der Waals surface area (Å²) in [6, 6.07) is 5.19. The van der Waals surface area contributed by atoms with Gasteiger partial charge in [0.05, 0.1) is 14.2 Å². The highest BCUT2D eigenvalue weighted by Gasteiger charge is 2.28. The second-order valence-corrected chi connectivity index (χ2v) is 5.17. The zero-order chi connectivity index (χ0) is 14.6. The van der Waals surface area contributed by atoms with E-state index in [0.717, 1.165) is 5.56 Å². The third-order valence-electron chi connectivity index (χ3n) is 3.23. The molecule has 1 amide bonds. The van der Waals surface area contributed by atoms with Crippen LogP contribution < -0.4 is 20.9 Å². The van der Waals surface area contributed by atoms with Gasteiger partial charge in [0, 0.05) is 11.5 Å². The lowest BCUT2D eigenvalue weighted by molar-refractivity contribution is -0.126. The van der Waals surface area contributed by atoms with Crippen molar-refractivity contribution in [3.05, 3.63) is 23.8 Å². The van der Waals surface area contributed by atoms with Gasteiger partial charge in [-0.05, 0) is 24.1 Å². The van der Waals surface area contributed by atoms with Crippen molar-refractivity contribution in [3.8, 4) is 11.5 Å². The van der Waals surface area contributed by atoms with Crippen LogP contribution in [0.2, 0.25) is 0 Å². The first kappa shape index (κ1) is 15.3. The molecule has 0 fully saturated rings. The lowest BCUT2D eigenvalue weighted by Crippen LogP contribution is -2.34. The smallest absolute Gasteiger partial charge is 0.223 e. The van der Waals surface area contributed by atoms with E-state index in [1.54, 1.807) is 34.1 Å². The fourth-order valence-corrected chi connectivity index (χ4v) is 1.85. The molecule has 19 heavy (non-hydrogen) atoms. The van der Waals surface area contributed by atoms with E-state index in [1.807, 2.05) is 12.1 Å². The van der Waals surface area contributed by atoms with Crippen LogP contribution in [-0.4, -0.2) is 20.1 Å². The lowest BCUT2D eigenvalue weighted by atomic mass is 9.83. The van der Waals surface area contributed by atoms with Gasteiger partial charge in [-0.3, -0.25) is 4.79 Å². The van der Waals surface area contributed by atoms with Gasteiger partial charge in [-0.15, -0.1) is 0 Å². The number of hydrogen-bond donors (Lipinski definition) is 2. The molecule has 0 bridgehead atoms. The summed E-state index contributed by atoms with van der Waals surface area (Å²) in [5.74, 6) is 0.906. The second kappa shape index (κ2) is 5.93. The summed E-state index contributed by atoms with van der Waals surface area (Å²) in [4.78, 5) is 11.3. The summed E-state index contributed by atoms with van der Waals surface area (Å²) in [6.45, 7) is 3.58. The van der Waals surface area contributed by atoms with E-state index in [4.69, 9.17) is 20.9 Å². The topological polar surface area (TPSA) is 87.6 Å². The average molecular weight is 266 g/mol. The normalized spacial score (nSPS) is 12.9. The van der Waals surface area contributed by atoms with Crippen LogP contribution in [0, 0.1) is 5.41 Å². The van der Waals surface area contributed by atoms with E-state index in [2.05, 4.69) is 0 Å². The Morgan fingerprint density at radius 3 is 2.32 bits per heavy atom. The van der Waals surface area contributed by atoms with E-state index in [-0.39, 0.29) is 11.9 Å². The van der Waals surface area contributed by atoms with Gasteiger partial charge in [0.25, 0.3) is 0 Å². The van der Waals surface area contributed by atoms with Crippen molar-refractivity contribution in [2.45, 2.75) is 26.3 Å². The molecule has 1 aromatic rings. The van der Waals surface area contributed by atoms with Gasteiger partial charge in [-0.1, -0.05) is 19.9 Å². The van der Waals surface area contributed by atoms with Crippen LogP contribution in [0.5, 0.6) is 11.5 Å². The summed E-state index contributed by atoms with van der Waals surface area (Å²) in [5, 5.41) is 0. The maximum atomic E-state index is 11.3. The molecule has 0 aromatic heterocycles. The first-order valence-electron chi connectivity index (χ1n) is 6.09. The first-order chi connectivity index (χ1) is 8.81. The van der Waals surface area contributed by atoms with E-state index in [0.29, 0.717) is 17.9 Å². The monoisotopic (exact) mass is 266 g/mol. The lowest BCUT2D eigenvalue weighted by Gasteiger charge is -2.25. The van der Waals surface area contributed by atoms with Gasteiger partial charge in [-0.2, -0.15) is 0 Å². The highest BCUT2D eigenvalue weighted by Crippen LogP contribution is 2.33. The van der Waals surface area contributed by atoms with Crippen LogP contribution in [0.3, 0.4) is 0 Å². The summed E-state index contributed by atoms with van der Waals surface area (Å²) < 4.78 is 10.4. The Kier molecular flexibility index (Phi) is 4.78. The van der Waals surface area contributed by atoms with Crippen molar-refractivity contribution in [3.63, 3.8) is 0 Å². The zero-order valence-electron chi connectivity index (χ0n) is 11.9. The van der Waals surface area contributed by atoms with Gasteiger partial charge >= 0.3 is 0 Å². The predicted octanol–water partition coefficient (Wildman–Crippen LogP) is 1.61. The number of nitrogens with two attached hydrogens (primary N) is 2. The predicted molar refractivity (Wildman–Crippen MR) is 74.1 cm³/mol. The van der Waals surface area contributed by atoms with Crippen LogP contribution in [0.4, 0.5) is 0 Å². The van der Waals surface area contributed by atoms with Crippen LogP contribution in [-0.2, 0) is 4.79 Å². The van der Waals surface area contributed by atoms with Gasteiger partial charge in [0.15, 0.2) is 11.5 Å². The highest BCUT2D eigenvalue weighted by molar-refractivity contribution is 5.79. The Labute approximate surface area is 113 Å². The molecule has 0 radical (unpaired) electrons. The van der Waals surface area contributed by atoms with Crippen molar-refractivity contribution in [2.24, 2.45) is 16.9 Å². The van der Waals surface area contributed by atoms with E-state index in [1.165, 1.54) is 0 Å². The maximum Gasteiger partial charge on any atom is 0.223 e. The summed E-state index contributed by atoms with van der Waals surface area (Å²) in [6.07, 6.45) is 0.470. The highest BCUT2D eigenvalue weighted by atomic mass is 16.5. The fraction of sp³-hybridized carbons (Fsp3) is 0.500. The molecule has 0 saturated heterocycles. The third-order valence-corrected chi connectivity index (χ3v) is 3.23. The number of benzene rings is 1. The average Bonchev–Trinajstić information content (AvgIpc) is 2.37. The molecule has 1 aromatic carbocycles. The molecule has 1 atom stereocenters. The van der Waals surface area contributed by atoms with Crippen LogP contribution in [0.25, 0.3) is 0 Å². The quantitative estimate of drug-likeness (QED) is 0.818. The fourth-order valence-electron chi connectivity index (χ4n) is 1.85. The second-order valence-electron chi connectivity index (χ2n) is 5.17. The minimum atomic E-state index is -0.646. The Bertz CT molecular complexity index is 458. The molecule has 0 spiro atoms. The number of primary amides is 1. The minimum Gasteiger partial charge on any atom is -0.493 e. The largest absolute Gasteiger partial charge is 0.493 e. The zero-order valence-corrected chi connectivity index (χ0v) is 11.9. The van der Waals surface area contributed by atoms with Crippen molar-refractivity contribution in [2.75, 3.05) is 14.2 Å². The van der Waals surface area contributed by atoms with Crippen LogP contribution in [0.15, 0.2) is 18.2 Å². The number of rotatable bonds is 6. The SMILES string of the molecule is COc1ccc(C(N)CC(C)(C)C(N)=O)cc1OC. The molecule has 0 aliphatic rings. The Morgan fingerprint density at radius 2 is 1.84 bits per heavy atom. The number of methoxy groups -OCH3 is 2. The summed E-state index contributed by atoms with van der Waals surface area (Å²) >= 11 is 0. The Balaban J connectivity index is 2.94. The molecule has 5 heteroatoms. The molecule has 5 nitrogen and oxygen atoms in total. The van der Waals surface area contributed by atoms with Gasteiger partial charge in [-0.25, -0.2) is 0 Å². The van der Waals surface area contributed by atoms with Crippen LogP contribution in [0.1, 0.15) is 31.9 Å².